The van der Waals surface area contributed by atoms with E-state index in [1.807, 2.05) is 0 Å². The van der Waals surface area contributed by atoms with E-state index in [9.17, 15) is 18.0 Å². The molecule has 1 saturated heterocycles. The number of methoxy groups -OCH3 is 1. The van der Waals surface area contributed by atoms with Crippen LogP contribution in [0.25, 0.3) is 0 Å². The Kier molecular flexibility index (Phi) is 4.13. The highest BCUT2D eigenvalue weighted by atomic mass is 19.4. The van der Waals surface area contributed by atoms with Gasteiger partial charge in [-0.05, 0) is 30.7 Å². The summed E-state index contributed by atoms with van der Waals surface area (Å²) < 4.78 is 44.9. The van der Waals surface area contributed by atoms with Gasteiger partial charge in [-0.3, -0.25) is 4.79 Å². The van der Waals surface area contributed by atoms with Crippen molar-refractivity contribution in [1.82, 2.24) is 5.32 Å². The van der Waals surface area contributed by atoms with Gasteiger partial charge < -0.3 is 15.2 Å². The average molecular weight is 303 g/mol. The van der Waals surface area contributed by atoms with Crippen molar-refractivity contribution in [2.24, 2.45) is 11.3 Å². The van der Waals surface area contributed by atoms with E-state index in [0.29, 0.717) is 11.3 Å². The molecule has 21 heavy (non-hydrogen) atoms. The zero-order valence-electron chi connectivity index (χ0n) is 11.4. The van der Waals surface area contributed by atoms with Crippen LogP contribution in [0.2, 0.25) is 0 Å². The molecule has 4 nitrogen and oxygen atoms in total. The molecule has 7 heteroatoms. The number of carbonyl (C=O) groups is 1. The molecule has 0 unspecified atom stereocenters. The van der Waals surface area contributed by atoms with Gasteiger partial charge in [0.25, 0.3) is 0 Å². The number of aliphatic carboxylic acids is 1. The zero-order valence-corrected chi connectivity index (χ0v) is 11.4. The van der Waals surface area contributed by atoms with Gasteiger partial charge in [-0.2, -0.15) is 13.2 Å². The summed E-state index contributed by atoms with van der Waals surface area (Å²) in [5, 5.41) is 11.7. The quantitative estimate of drug-likeness (QED) is 0.894. The molecule has 0 aliphatic carbocycles. The van der Waals surface area contributed by atoms with Crippen molar-refractivity contribution in [2.75, 3.05) is 20.2 Å². The number of halogens is 3. The van der Waals surface area contributed by atoms with E-state index < -0.39 is 30.0 Å². The fourth-order valence-electron chi connectivity index (χ4n) is 2.76. The maximum Gasteiger partial charge on any atom is 0.406 e. The SMILES string of the molecule is COc1ccc(C[C@H]2CNC[C@@]2(C(=O)O)C(F)(F)F)cc1. The predicted molar refractivity (Wildman–Crippen MR) is 69.2 cm³/mol. The minimum atomic E-state index is -4.79. The average Bonchev–Trinajstić information content (AvgIpc) is 2.84. The van der Waals surface area contributed by atoms with Crippen LogP contribution in [-0.2, 0) is 11.2 Å². The maximum absolute atomic E-state index is 13.3. The lowest BCUT2D eigenvalue weighted by Gasteiger charge is -2.32. The van der Waals surface area contributed by atoms with Crippen LogP contribution < -0.4 is 10.1 Å². The number of nitrogens with one attached hydrogen (secondary N) is 1. The molecular weight excluding hydrogens is 287 g/mol. The Morgan fingerprint density at radius 2 is 2.05 bits per heavy atom. The molecule has 0 amide bonds. The lowest BCUT2D eigenvalue weighted by atomic mass is 9.74. The summed E-state index contributed by atoms with van der Waals surface area (Å²) in [5.74, 6) is -2.26. The number of carboxylic acid groups (broad SMARTS) is 1. The molecule has 0 radical (unpaired) electrons. The Hall–Kier alpha value is -1.76. The number of hydrogen-bond acceptors (Lipinski definition) is 3. The maximum atomic E-state index is 13.3. The summed E-state index contributed by atoms with van der Waals surface area (Å²) in [6.07, 6.45) is -4.75. The Bertz CT molecular complexity index is 515. The smallest absolute Gasteiger partial charge is 0.406 e. The van der Waals surface area contributed by atoms with Crippen LogP contribution >= 0.6 is 0 Å². The highest BCUT2D eigenvalue weighted by Gasteiger charge is 2.66. The molecule has 1 fully saturated rings. The van der Waals surface area contributed by atoms with Crippen molar-refractivity contribution in [2.45, 2.75) is 12.6 Å². The Morgan fingerprint density at radius 3 is 2.52 bits per heavy atom. The van der Waals surface area contributed by atoms with Crippen LogP contribution in [0.5, 0.6) is 5.75 Å². The lowest BCUT2D eigenvalue weighted by molar-refractivity contribution is -0.236. The zero-order chi connectivity index (χ0) is 15.7. The molecule has 2 N–H and O–H groups in total. The number of hydrogen-bond donors (Lipinski definition) is 2. The van der Waals surface area contributed by atoms with Gasteiger partial charge in [0.15, 0.2) is 5.41 Å². The molecule has 2 rings (SSSR count). The van der Waals surface area contributed by atoms with Gasteiger partial charge in [0, 0.05) is 12.5 Å². The molecule has 0 bridgehead atoms. The van der Waals surface area contributed by atoms with Gasteiger partial charge in [-0.15, -0.1) is 0 Å². The number of alkyl halides is 3. The van der Waals surface area contributed by atoms with Crippen molar-refractivity contribution in [1.29, 1.82) is 0 Å². The molecule has 1 aromatic carbocycles. The molecule has 1 aliphatic heterocycles. The molecule has 1 aliphatic rings. The molecule has 1 aromatic rings. The second kappa shape index (κ2) is 5.55. The molecule has 0 saturated carbocycles. The van der Waals surface area contributed by atoms with Gasteiger partial charge in [0.05, 0.1) is 7.11 Å². The van der Waals surface area contributed by atoms with Crippen LogP contribution in [0, 0.1) is 11.3 Å². The third-order valence-electron chi connectivity index (χ3n) is 4.02. The molecule has 116 valence electrons. The molecule has 0 aromatic heterocycles. The van der Waals surface area contributed by atoms with Crippen molar-refractivity contribution in [3.05, 3.63) is 29.8 Å². The third kappa shape index (κ3) is 2.70. The van der Waals surface area contributed by atoms with Crippen LogP contribution in [-0.4, -0.2) is 37.5 Å². The highest BCUT2D eigenvalue weighted by molar-refractivity contribution is 5.77. The molecular formula is C14H16F3NO3. The predicted octanol–water partition coefficient (Wildman–Crippen LogP) is 2.09. The summed E-state index contributed by atoms with van der Waals surface area (Å²) in [6, 6.07) is 6.60. The Balaban J connectivity index is 2.26. The first-order valence-corrected chi connectivity index (χ1v) is 6.45. The summed E-state index contributed by atoms with van der Waals surface area (Å²) in [7, 11) is 1.50. The first-order valence-electron chi connectivity index (χ1n) is 6.45. The van der Waals surface area contributed by atoms with E-state index in [2.05, 4.69) is 5.32 Å². The fraction of sp³-hybridized carbons (Fsp3) is 0.500. The summed E-state index contributed by atoms with van der Waals surface area (Å²) in [4.78, 5) is 11.3. The Morgan fingerprint density at radius 1 is 1.43 bits per heavy atom. The minimum absolute atomic E-state index is 0.0256. The second-order valence-electron chi connectivity index (χ2n) is 5.15. The standard InChI is InChI=1S/C14H16F3NO3/c1-21-11-4-2-9(3-5-11)6-10-7-18-8-13(10,12(19)20)14(15,16)17/h2-5,10,18H,6-8H2,1H3,(H,19,20)/t10-,13+/m0/s1. The molecule has 0 spiro atoms. The van der Waals surface area contributed by atoms with Crippen LogP contribution in [0.3, 0.4) is 0 Å². The minimum Gasteiger partial charge on any atom is -0.497 e. The van der Waals surface area contributed by atoms with Gasteiger partial charge in [0.2, 0.25) is 0 Å². The van der Waals surface area contributed by atoms with Crippen LogP contribution in [0.15, 0.2) is 24.3 Å². The van der Waals surface area contributed by atoms with E-state index in [1.54, 1.807) is 24.3 Å². The van der Waals surface area contributed by atoms with E-state index in [4.69, 9.17) is 9.84 Å². The molecule has 1 heterocycles. The first kappa shape index (κ1) is 15.6. The Labute approximate surface area is 119 Å². The van der Waals surface area contributed by atoms with Crippen molar-refractivity contribution < 1.29 is 27.8 Å². The van der Waals surface area contributed by atoms with E-state index in [0.717, 1.165) is 0 Å². The monoisotopic (exact) mass is 303 g/mol. The first-order chi connectivity index (χ1) is 9.81. The van der Waals surface area contributed by atoms with Crippen molar-refractivity contribution in [3.8, 4) is 5.75 Å². The number of benzene rings is 1. The number of rotatable bonds is 4. The van der Waals surface area contributed by atoms with Crippen molar-refractivity contribution in [3.63, 3.8) is 0 Å². The number of ether oxygens (including phenoxy) is 1. The second-order valence-corrected chi connectivity index (χ2v) is 5.15. The van der Waals surface area contributed by atoms with Gasteiger partial charge in [-0.25, -0.2) is 0 Å². The number of carboxylic acids is 1. The largest absolute Gasteiger partial charge is 0.497 e. The summed E-state index contributed by atoms with van der Waals surface area (Å²) in [6.45, 7) is -0.565. The van der Waals surface area contributed by atoms with E-state index in [1.165, 1.54) is 7.11 Å². The molecule has 2 atom stereocenters. The van der Waals surface area contributed by atoms with Crippen molar-refractivity contribution >= 4 is 5.97 Å². The highest BCUT2D eigenvalue weighted by Crippen LogP contribution is 2.47. The van der Waals surface area contributed by atoms with E-state index in [-0.39, 0.29) is 13.0 Å². The lowest BCUT2D eigenvalue weighted by Crippen LogP contribution is -2.51. The van der Waals surface area contributed by atoms with Gasteiger partial charge in [0.1, 0.15) is 5.75 Å². The third-order valence-corrected chi connectivity index (χ3v) is 4.02. The summed E-state index contributed by atoms with van der Waals surface area (Å²) >= 11 is 0. The van der Waals surface area contributed by atoms with Gasteiger partial charge in [-0.1, -0.05) is 12.1 Å². The normalized spacial score (nSPS) is 25.8. The summed E-state index contributed by atoms with van der Waals surface area (Å²) in [5.41, 5.74) is -2.08. The fourth-order valence-corrected chi connectivity index (χ4v) is 2.76. The van der Waals surface area contributed by atoms with Crippen LogP contribution in [0.1, 0.15) is 5.56 Å². The van der Waals surface area contributed by atoms with Gasteiger partial charge >= 0.3 is 12.1 Å². The van der Waals surface area contributed by atoms with E-state index >= 15 is 0 Å². The van der Waals surface area contributed by atoms with Crippen LogP contribution in [0.4, 0.5) is 13.2 Å². The topological polar surface area (TPSA) is 58.6 Å².